The van der Waals surface area contributed by atoms with Crippen LogP contribution < -0.4 is 4.83 Å². The van der Waals surface area contributed by atoms with Crippen molar-refractivity contribution in [3.63, 3.8) is 0 Å². The first kappa shape index (κ1) is 14.3. The molecule has 0 spiro atoms. The second-order valence-electron chi connectivity index (χ2n) is 4.82. The molecular weight excluding hydrogens is 300 g/mol. The van der Waals surface area contributed by atoms with Crippen LogP contribution in [0.5, 0.6) is 0 Å². The van der Waals surface area contributed by atoms with Crippen molar-refractivity contribution in [2.45, 2.75) is 11.8 Å². The molecule has 0 radical (unpaired) electrons. The largest absolute Gasteiger partial charge is 0.276 e. The molecule has 7 heteroatoms. The first-order chi connectivity index (χ1) is 10.5. The van der Waals surface area contributed by atoms with E-state index in [2.05, 4.69) is 15.1 Å². The van der Waals surface area contributed by atoms with E-state index in [1.54, 1.807) is 24.3 Å². The van der Waals surface area contributed by atoms with Gasteiger partial charge in [0.2, 0.25) is 0 Å². The Hall–Kier alpha value is -2.67. The average molecular weight is 314 g/mol. The van der Waals surface area contributed by atoms with Gasteiger partial charge in [0, 0.05) is 5.56 Å². The minimum Gasteiger partial charge on any atom is -0.200 e. The lowest BCUT2D eigenvalue weighted by molar-refractivity contribution is 0.590. The predicted octanol–water partition coefficient (Wildman–Crippen LogP) is 2.19. The summed E-state index contributed by atoms with van der Waals surface area (Å²) in [6.07, 6.45) is 1.53. The summed E-state index contributed by atoms with van der Waals surface area (Å²) >= 11 is 0. The highest BCUT2D eigenvalue weighted by molar-refractivity contribution is 7.92. The minimum atomic E-state index is -3.69. The number of hydrogen-bond acceptors (Lipinski definition) is 4. The fourth-order valence-electron chi connectivity index (χ4n) is 1.94. The lowest BCUT2D eigenvalue weighted by Crippen LogP contribution is -2.23. The number of nitrogens with zero attached hydrogens (tertiary/aromatic N) is 3. The zero-order chi connectivity index (χ0) is 15.6. The Balaban J connectivity index is 1.84. The number of aryl methyl sites for hydroxylation is 1. The highest BCUT2D eigenvalue weighted by Gasteiger charge is 2.15. The molecule has 0 saturated carbocycles. The van der Waals surface area contributed by atoms with Crippen LogP contribution >= 0.6 is 0 Å². The van der Waals surface area contributed by atoms with Crippen LogP contribution in [0, 0.1) is 6.92 Å². The number of nitrogens with one attached hydrogen (secondary N) is 1. The number of sulfonamides is 1. The Bertz CT molecular complexity index is 871. The standard InChI is InChI=1S/C15H14N4O2S/c1-12-7-9-14(10-8-12)22(20,21)18-19-11-15(16-17-19)13-5-3-2-4-6-13/h2-11,18H,1H3. The third kappa shape index (κ3) is 2.99. The fraction of sp³-hybridized carbons (Fsp3) is 0.0667. The van der Waals surface area contributed by atoms with E-state index >= 15 is 0 Å². The SMILES string of the molecule is Cc1ccc(S(=O)(=O)Nn2cc(-c3ccccc3)nn2)cc1. The minimum absolute atomic E-state index is 0.176. The lowest BCUT2D eigenvalue weighted by Gasteiger charge is -2.06. The molecule has 0 fully saturated rings. The van der Waals surface area contributed by atoms with Gasteiger partial charge in [-0.15, -0.1) is 5.10 Å². The van der Waals surface area contributed by atoms with Gasteiger partial charge in [0.1, 0.15) is 5.69 Å². The quantitative estimate of drug-likeness (QED) is 0.801. The number of rotatable bonds is 4. The Morgan fingerprint density at radius 1 is 1.00 bits per heavy atom. The number of benzene rings is 2. The topological polar surface area (TPSA) is 76.9 Å². The summed E-state index contributed by atoms with van der Waals surface area (Å²) in [5.41, 5.74) is 2.45. The summed E-state index contributed by atoms with van der Waals surface area (Å²) < 4.78 is 24.5. The molecule has 0 aliphatic rings. The van der Waals surface area contributed by atoms with Crippen molar-refractivity contribution in [2.75, 3.05) is 4.83 Å². The van der Waals surface area contributed by atoms with Gasteiger partial charge in [-0.25, -0.2) is 0 Å². The molecule has 1 N–H and O–H groups in total. The molecule has 0 atom stereocenters. The number of aromatic nitrogens is 3. The molecular formula is C15H14N4O2S. The van der Waals surface area contributed by atoms with Crippen LogP contribution in [-0.4, -0.2) is 23.5 Å². The van der Waals surface area contributed by atoms with Gasteiger partial charge in [-0.3, -0.25) is 0 Å². The van der Waals surface area contributed by atoms with Gasteiger partial charge in [0.15, 0.2) is 0 Å². The van der Waals surface area contributed by atoms with Gasteiger partial charge < -0.3 is 0 Å². The summed E-state index contributed by atoms with van der Waals surface area (Å²) in [4.78, 5) is 3.63. The van der Waals surface area contributed by atoms with Crippen molar-refractivity contribution >= 4 is 10.0 Å². The van der Waals surface area contributed by atoms with E-state index < -0.39 is 10.0 Å². The molecule has 1 aromatic heterocycles. The van der Waals surface area contributed by atoms with E-state index in [9.17, 15) is 8.42 Å². The van der Waals surface area contributed by atoms with E-state index in [1.807, 2.05) is 37.3 Å². The van der Waals surface area contributed by atoms with E-state index in [-0.39, 0.29) is 4.90 Å². The molecule has 2 aromatic carbocycles. The fourth-order valence-corrected chi connectivity index (χ4v) is 2.88. The molecule has 1 heterocycles. The van der Waals surface area contributed by atoms with E-state index in [0.717, 1.165) is 15.9 Å². The highest BCUT2D eigenvalue weighted by atomic mass is 32.2. The zero-order valence-corrected chi connectivity index (χ0v) is 12.7. The van der Waals surface area contributed by atoms with Gasteiger partial charge >= 0.3 is 0 Å². The molecule has 0 saturated heterocycles. The third-order valence-corrected chi connectivity index (χ3v) is 4.43. The van der Waals surface area contributed by atoms with Gasteiger partial charge in [-0.05, 0) is 24.3 Å². The zero-order valence-electron chi connectivity index (χ0n) is 11.8. The van der Waals surface area contributed by atoms with Crippen LogP contribution in [0.2, 0.25) is 0 Å². The number of hydrogen-bond donors (Lipinski definition) is 1. The molecule has 0 unspecified atom stereocenters. The van der Waals surface area contributed by atoms with Crippen molar-refractivity contribution in [2.24, 2.45) is 0 Å². The van der Waals surface area contributed by atoms with Crippen LogP contribution in [0.4, 0.5) is 0 Å². The average Bonchev–Trinajstić information content (AvgIpc) is 2.96. The molecule has 0 amide bonds. The maximum Gasteiger partial charge on any atom is 0.276 e. The molecule has 112 valence electrons. The Morgan fingerprint density at radius 3 is 2.36 bits per heavy atom. The van der Waals surface area contributed by atoms with Gasteiger partial charge in [-0.2, -0.15) is 18.0 Å². The summed E-state index contributed by atoms with van der Waals surface area (Å²) in [5.74, 6) is 0. The molecule has 0 bridgehead atoms. The lowest BCUT2D eigenvalue weighted by atomic mass is 10.2. The van der Waals surface area contributed by atoms with Crippen molar-refractivity contribution in [3.05, 3.63) is 66.4 Å². The van der Waals surface area contributed by atoms with Crippen LogP contribution in [0.3, 0.4) is 0 Å². The van der Waals surface area contributed by atoms with Crippen molar-refractivity contribution < 1.29 is 8.42 Å². The molecule has 3 aromatic rings. The second-order valence-corrected chi connectivity index (χ2v) is 6.48. The Morgan fingerprint density at radius 2 is 1.68 bits per heavy atom. The molecule has 3 rings (SSSR count). The van der Waals surface area contributed by atoms with Gasteiger partial charge in [-0.1, -0.05) is 48.0 Å². The molecule has 0 aliphatic carbocycles. The summed E-state index contributed by atoms with van der Waals surface area (Å²) in [6, 6.07) is 16.0. The van der Waals surface area contributed by atoms with E-state index in [4.69, 9.17) is 0 Å². The van der Waals surface area contributed by atoms with Crippen molar-refractivity contribution in [1.29, 1.82) is 0 Å². The maximum atomic E-state index is 12.3. The van der Waals surface area contributed by atoms with E-state index in [0.29, 0.717) is 5.69 Å². The smallest absolute Gasteiger partial charge is 0.200 e. The van der Waals surface area contributed by atoms with Crippen molar-refractivity contribution in [1.82, 2.24) is 15.1 Å². The van der Waals surface area contributed by atoms with E-state index in [1.165, 1.54) is 6.20 Å². The van der Waals surface area contributed by atoms with Gasteiger partial charge in [0.25, 0.3) is 10.0 Å². The Kier molecular flexibility index (Phi) is 3.64. The first-order valence-electron chi connectivity index (χ1n) is 6.62. The molecule has 0 aliphatic heterocycles. The second kappa shape index (κ2) is 5.61. The van der Waals surface area contributed by atoms with Crippen molar-refractivity contribution in [3.8, 4) is 11.3 Å². The summed E-state index contributed by atoms with van der Waals surface area (Å²) in [6.45, 7) is 1.90. The first-order valence-corrected chi connectivity index (χ1v) is 8.10. The van der Waals surface area contributed by atoms with Crippen LogP contribution in [0.15, 0.2) is 65.7 Å². The Labute approximate surface area is 128 Å². The predicted molar refractivity (Wildman–Crippen MR) is 83.2 cm³/mol. The molecule has 22 heavy (non-hydrogen) atoms. The third-order valence-electron chi connectivity index (χ3n) is 3.11. The van der Waals surface area contributed by atoms with Crippen LogP contribution in [0.25, 0.3) is 11.3 Å². The summed E-state index contributed by atoms with van der Waals surface area (Å²) in [5, 5.41) is 7.76. The van der Waals surface area contributed by atoms with Crippen LogP contribution in [0.1, 0.15) is 5.56 Å². The highest BCUT2D eigenvalue weighted by Crippen LogP contribution is 2.15. The monoisotopic (exact) mass is 314 g/mol. The van der Waals surface area contributed by atoms with Crippen LogP contribution in [-0.2, 0) is 10.0 Å². The van der Waals surface area contributed by atoms with Gasteiger partial charge in [0.05, 0.1) is 11.1 Å². The summed E-state index contributed by atoms with van der Waals surface area (Å²) in [7, 11) is -3.69. The molecule has 6 nitrogen and oxygen atoms in total. The maximum absolute atomic E-state index is 12.3. The normalized spacial score (nSPS) is 11.3.